The molecular weight excluding hydrogens is 757 g/mol. The van der Waals surface area contributed by atoms with E-state index in [0.717, 1.165) is 35.7 Å². The Hall–Kier alpha value is -5.82. The molecule has 57 heavy (non-hydrogen) atoms. The summed E-state index contributed by atoms with van der Waals surface area (Å²) in [5.74, 6) is -3.97. The van der Waals surface area contributed by atoms with Gasteiger partial charge in [-0.2, -0.15) is 22.7 Å². The third-order valence-corrected chi connectivity index (χ3v) is 11.0. The number of carbonyl (C=O) groups excluding carboxylic acids is 2. The number of piperidine rings is 1. The second kappa shape index (κ2) is 14.0. The van der Waals surface area contributed by atoms with E-state index in [1.165, 1.54) is 28.8 Å². The monoisotopic (exact) mass is 793 g/mol. The van der Waals surface area contributed by atoms with E-state index >= 15 is 4.39 Å². The summed E-state index contributed by atoms with van der Waals surface area (Å²) in [7, 11) is 0. The molecule has 1 unspecified atom stereocenters. The molecule has 19 heteroatoms. The van der Waals surface area contributed by atoms with Crippen LogP contribution in [0.1, 0.15) is 76.4 Å². The van der Waals surface area contributed by atoms with Crippen molar-refractivity contribution in [2.75, 3.05) is 31.5 Å². The third-order valence-electron chi connectivity index (χ3n) is 11.0. The predicted molar refractivity (Wildman–Crippen MR) is 192 cm³/mol. The molecule has 14 nitrogen and oxygen atoms in total. The summed E-state index contributed by atoms with van der Waals surface area (Å²) >= 11 is 0. The Morgan fingerprint density at radius 1 is 1.05 bits per heavy atom. The molecule has 2 aromatic carbocycles. The Morgan fingerprint density at radius 3 is 2.46 bits per heavy atom. The normalized spacial score (nSPS) is 17.9. The number of amides is 2. The van der Waals surface area contributed by atoms with Crippen molar-refractivity contribution in [1.29, 1.82) is 0 Å². The lowest BCUT2D eigenvalue weighted by Crippen LogP contribution is -2.47. The Morgan fingerprint density at radius 2 is 1.79 bits per heavy atom. The molecule has 0 saturated carbocycles. The van der Waals surface area contributed by atoms with Crippen molar-refractivity contribution in [3.8, 4) is 17.1 Å². The van der Waals surface area contributed by atoms with E-state index < -0.39 is 64.7 Å². The van der Waals surface area contributed by atoms with Crippen molar-refractivity contribution in [2.24, 2.45) is 0 Å². The van der Waals surface area contributed by atoms with Crippen LogP contribution in [0.3, 0.4) is 0 Å². The number of rotatable bonds is 7. The highest BCUT2D eigenvalue weighted by Gasteiger charge is 2.51. The summed E-state index contributed by atoms with van der Waals surface area (Å²) in [4.78, 5) is 57.6. The Kier molecular flexibility index (Phi) is 9.34. The fourth-order valence-electron chi connectivity index (χ4n) is 7.83. The largest absolute Gasteiger partial charge is 0.504 e. The van der Waals surface area contributed by atoms with Gasteiger partial charge < -0.3 is 24.6 Å². The number of aromatic hydroxyl groups is 1. The zero-order chi connectivity index (χ0) is 40.6. The summed E-state index contributed by atoms with van der Waals surface area (Å²) in [6, 6.07) is 5.01. The molecule has 0 bridgehead atoms. The number of likely N-dealkylation sites (tertiary alicyclic amines) is 2. The fourth-order valence-corrected chi connectivity index (χ4v) is 7.83. The molecule has 2 N–H and O–H groups in total. The number of ether oxygens (including phenoxy) is 1. The Balaban J connectivity index is 1.19. The number of hydrogen-bond acceptors (Lipinski definition) is 10. The lowest BCUT2D eigenvalue weighted by Gasteiger charge is -2.39. The van der Waals surface area contributed by atoms with E-state index in [1.807, 2.05) is 0 Å². The molecule has 1 atom stereocenters. The fraction of sp³-hybridized carbons (Fsp3) is 0.395. The number of hydrogen-bond donors (Lipinski definition) is 2. The predicted octanol–water partition coefficient (Wildman–Crippen LogP) is 5.03. The first-order chi connectivity index (χ1) is 27.1. The number of nitrogens with one attached hydrogen (secondary N) is 1. The van der Waals surface area contributed by atoms with Crippen LogP contribution in [-0.2, 0) is 34.4 Å². The van der Waals surface area contributed by atoms with Gasteiger partial charge in [-0.25, -0.2) is 18.7 Å². The smallest absolute Gasteiger partial charge is 0.416 e. The van der Waals surface area contributed by atoms with Crippen LogP contribution in [0.2, 0.25) is 0 Å². The number of anilines is 1. The number of carbonyl (C=O) groups is 2. The molecular formula is C38H36F5N9O5. The Labute approximate surface area is 320 Å². The van der Waals surface area contributed by atoms with Crippen LogP contribution in [0.5, 0.6) is 5.75 Å². The molecule has 1 spiro atoms. The molecule has 0 radical (unpaired) electrons. The molecule has 3 aliphatic rings. The number of alkyl halides is 3. The third kappa shape index (κ3) is 6.57. The lowest BCUT2D eigenvalue weighted by molar-refractivity contribution is -0.137. The van der Waals surface area contributed by atoms with Gasteiger partial charge in [-0.1, -0.05) is 6.07 Å². The minimum atomic E-state index is -4.81. The lowest BCUT2D eigenvalue weighted by atomic mass is 9.85. The van der Waals surface area contributed by atoms with Crippen molar-refractivity contribution in [3.63, 3.8) is 0 Å². The van der Waals surface area contributed by atoms with Crippen LogP contribution < -0.4 is 10.9 Å². The first kappa shape index (κ1) is 38.1. The number of aryl methyl sites for hydroxylation is 1. The van der Waals surface area contributed by atoms with E-state index in [-0.39, 0.29) is 77.6 Å². The summed E-state index contributed by atoms with van der Waals surface area (Å²) < 4.78 is 79.3. The molecule has 2 saturated heterocycles. The van der Waals surface area contributed by atoms with E-state index in [9.17, 15) is 37.1 Å². The van der Waals surface area contributed by atoms with Gasteiger partial charge in [-0.3, -0.25) is 19.3 Å². The van der Waals surface area contributed by atoms with Crippen molar-refractivity contribution >= 4 is 23.3 Å². The maximum Gasteiger partial charge on any atom is 0.416 e. The second-order valence-electron chi connectivity index (χ2n) is 14.6. The van der Waals surface area contributed by atoms with Crippen LogP contribution in [0, 0.1) is 25.5 Å². The van der Waals surface area contributed by atoms with Gasteiger partial charge in [0.25, 0.3) is 11.5 Å². The maximum atomic E-state index is 16.1. The molecule has 2 amide bonds. The summed E-state index contributed by atoms with van der Waals surface area (Å²) in [5.41, 5.74) is -2.08. The quantitative estimate of drug-likeness (QED) is 0.214. The topological polar surface area (TPSA) is 160 Å². The molecule has 298 valence electrons. The number of halogens is 5. The second-order valence-corrected chi connectivity index (χ2v) is 14.6. The molecule has 3 aliphatic heterocycles. The van der Waals surface area contributed by atoms with E-state index in [4.69, 9.17) is 4.74 Å². The minimum absolute atomic E-state index is 0.0139. The molecule has 6 heterocycles. The highest BCUT2D eigenvalue weighted by molar-refractivity contribution is 5.95. The van der Waals surface area contributed by atoms with Gasteiger partial charge in [0.15, 0.2) is 17.3 Å². The van der Waals surface area contributed by atoms with Crippen LogP contribution >= 0.6 is 0 Å². The number of aromatic nitrogens is 6. The van der Waals surface area contributed by atoms with Crippen LogP contribution in [0.25, 0.3) is 17.2 Å². The number of fused-ring (bicyclic) bond motifs is 3. The maximum absolute atomic E-state index is 16.1. The minimum Gasteiger partial charge on any atom is -0.504 e. The number of nitrogens with zero attached hydrogens (tertiary/aromatic N) is 8. The van der Waals surface area contributed by atoms with Gasteiger partial charge in [0.1, 0.15) is 30.1 Å². The highest BCUT2D eigenvalue weighted by atomic mass is 19.4. The van der Waals surface area contributed by atoms with Crippen molar-refractivity contribution < 1.29 is 41.4 Å². The van der Waals surface area contributed by atoms with Crippen LogP contribution in [-0.4, -0.2) is 82.0 Å². The summed E-state index contributed by atoms with van der Waals surface area (Å²) in [6.45, 7) is 6.76. The van der Waals surface area contributed by atoms with Gasteiger partial charge >= 0.3 is 6.18 Å². The van der Waals surface area contributed by atoms with Crippen LogP contribution in [0.4, 0.5) is 27.6 Å². The standard InChI is InChI=1S/C38H36F5N9O5/c1-19-22(16-49-11-4-12-49)5-7-24(29(19)40)33-47-36-51(17-27(53)46-26-8-6-23(15-25(26)39)38(41,42)43)31-21(3)57-37(28(31)34(55)52(36)48-33)9-13-50(14-10-37)35(56)30-32(54)20(2)44-18-45-30/h5-8,15,18,21,54H,4,9-14,16-17H2,1-3H3,(H,46,53). The first-order valence-electron chi connectivity index (χ1n) is 18.2. The van der Waals surface area contributed by atoms with Crippen LogP contribution in [0.15, 0.2) is 41.5 Å². The molecule has 0 aliphatic carbocycles. The van der Waals surface area contributed by atoms with E-state index in [1.54, 1.807) is 19.9 Å². The summed E-state index contributed by atoms with van der Waals surface area (Å²) in [5, 5.41) is 17.2. The highest BCUT2D eigenvalue weighted by Crippen LogP contribution is 2.48. The zero-order valence-electron chi connectivity index (χ0n) is 31.0. The number of benzene rings is 2. The van der Waals surface area contributed by atoms with Crippen molar-refractivity contribution in [2.45, 2.75) is 71.0 Å². The average molecular weight is 794 g/mol. The van der Waals surface area contributed by atoms with Crippen molar-refractivity contribution in [3.05, 3.63) is 98.0 Å². The van der Waals surface area contributed by atoms with Gasteiger partial charge in [0.2, 0.25) is 11.7 Å². The molecule has 2 fully saturated rings. The summed E-state index contributed by atoms with van der Waals surface area (Å²) in [6.07, 6.45) is -3.20. The van der Waals surface area contributed by atoms with Gasteiger partial charge in [0, 0.05) is 19.6 Å². The average Bonchev–Trinajstić information content (AvgIpc) is 3.71. The molecule has 8 rings (SSSR count). The van der Waals surface area contributed by atoms with E-state index in [0.29, 0.717) is 18.2 Å². The van der Waals surface area contributed by atoms with Gasteiger partial charge in [-0.15, -0.1) is 5.10 Å². The van der Waals surface area contributed by atoms with Gasteiger partial charge in [0.05, 0.1) is 39.9 Å². The molecule has 5 aromatic rings. The SMILES string of the molecule is Cc1ncnc(C(=O)N2CCC3(CC2)OC(C)c2c3c(=O)n3nc(-c4ccc(CN5CCC5)c(C)c4F)nc3n2CC(=O)Nc2ccc(C(F)(F)F)cc2F)c1O. The van der Waals surface area contributed by atoms with E-state index in [2.05, 4.69) is 30.3 Å². The van der Waals surface area contributed by atoms with Crippen molar-refractivity contribution in [1.82, 2.24) is 38.9 Å². The molecule has 3 aromatic heterocycles. The first-order valence-corrected chi connectivity index (χ1v) is 18.2. The van der Waals surface area contributed by atoms with Gasteiger partial charge in [-0.05, 0) is 88.5 Å². The zero-order valence-corrected chi connectivity index (χ0v) is 31.0. The Bertz CT molecular complexity index is 2530.